The van der Waals surface area contributed by atoms with Crippen molar-refractivity contribution in [2.75, 3.05) is 6.79 Å². The van der Waals surface area contributed by atoms with Gasteiger partial charge in [0.25, 0.3) is 0 Å². The van der Waals surface area contributed by atoms with E-state index in [4.69, 9.17) is 9.47 Å². The number of carbonyl (C=O) groups is 2. The van der Waals surface area contributed by atoms with Gasteiger partial charge >= 0.3 is 0 Å². The van der Waals surface area contributed by atoms with E-state index in [1.807, 2.05) is 18.2 Å². The van der Waals surface area contributed by atoms with Crippen molar-refractivity contribution < 1.29 is 19.1 Å². The first-order valence-electron chi connectivity index (χ1n) is 9.33. The van der Waals surface area contributed by atoms with E-state index in [0.717, 1.165) is 35.0 Å². The molecule has 29 heavy (non-hydrogen) atoms. The van der Waals surface area contributed by atoms with Crippen LogP contribution in [0, 0.1) is 0 Å². The van der Waals surface area contributed by atoms with Gasteiger partial charge in [-0.25, -0.2) is 9.97 Å². The summed E-state index contributed by atoms with van der Waals surface area (Å²) >= 11 is 1.15. The summed E-state index contributed by atoms with van der Waals surface area (Å²) in [5, 5.41) is 0.560. The van der Waals surface area contributed by atoms with E-state index < -0.39 is 5.92 Å². The second-order valence-corrected chi connectivity index (χ2v) is 7.63. The van der Waals surface area contributed by atoms with Crippen LogP contribution >= 0.6 is 11.5 Å². The maximum absolute atomic E-state index is 12.5. The molecule has 0 spiro atoms. The van der Waals surface area contributed by atoms with Gasteiger partial charge in [0, 0.05) is 25.2 Å². The van der Waals surface area contributed by atoms with E-state index in [1.165, 1.54) is 6.92 Å². The Kier molecular flexibility index (Phi) is 5.66. The molecule has 1 aromatic carbocycles. The zero-order chi connectivity index (χ0) is 20.2. The van der Waals surface area contributed by atoms with Crippen molar-refractivity contribution >= 4 is 23.1 Å². The van der Waals surface area contributed by atoms with Crippen LogP contribution in [0.1, 0.15) is 42.7 Å². The van der Waals surface area contributed by atoms with E-state index in [9.17, 15) is 9.59 Å². The van der Waals surface area contributed by atoms with Crippen molar-refractivity contribution in [3.8, 4) is 17.4 Å². The lowest BCUT2D eigenvalue weighted by atomic mass is 9.96. The largest absolute Gasteiger partial charge is 0.454 e. The Morgan fingerprint density at radius 1 is 1.28 bits per heavy atom. The summed E-state index contributed by atoms with van der Waals surface area (Å²) in [6.45, 7) is 1.74. The Bertz CT molecular complexity index is 1020. The van der Waals surface area contributed by atoms with Gasteiger partial charge in [0.05, 0.1) is 5.92 Å². The highest BCUT2D eigenvalue weighted by Gasteiger charge is 2.24. The molecule has 0 radical (unpaired) electrons. The number of hydrogen-bond acceptors (Lipinski definition) is 8. The molecular weight excluding hydrogens is 392 g/mol. The van der Waals surface area contributed by atoms with E-state index in [2.05, 4.69) is 14.3 Å². The number of ketones is 2. The molecule has 0 saturated heterocycles. The topological polar surface area (TPSA) is 96.2 Å². The van der Waals surface area contributed by atoms with Crippen LogP contribution in [-0.4, -0.2) is 37.3 Å². The Balaban J connectivity index is 1.32. The fourth-order valence-electron chi connectivity index (χ4n) is 3.17. The van der Waals surface area contributed by atoms with Crippen molar-refractivity contribution in [2.45, 2.75) is 38.5 Å². The molecule has 3 heterocycles. The second kappa shape index (κ2) is 8.52. The average molecular weight is 412 g/mol. The summed E-state index contributed by atoms with van der Waals surface area (Å²) in [6, 6.07) is 5.82. The number of rotatable bonds is 9. The van der Waals surface area contributed by atoms with Crippen LogP contribution in [-0.2, 0) is 16.0 Å². The monoisotopic (exact) mass is 412 g/mol. The average Bonchev–Trinajstić information content (AvgIpc) is 3.46. The molecule has 3 aromatic rings. The molecule has 8 nitrogen and oxygen atoms in total. The molecule has 0 N–H and O–H groups in total. The Morgan fingerprint density at radius 3 is 2.93 bits per heavy atom. The standard InChI is InChI=1S/C20H20N4O4S/c1-13(25)16(19-22-20(23-29-19)24-8-7-21-11-24)10-15(26)4-2-3-14-5-6-17-18(9-14)28-12-27-17/h5-9,11,16H,2-4,10,12H2,1H3. The summed E-state index contributed by atoms with van der Waals surface area (Å²) < 4.78 is 16.6. The van der Waals surface area contributed by atoms with Crippen molar-refractivity contribution in [2.24, 2.45) is 0 Å². The van der Waals surface area contributed by atoms with E-state index in [1.54, 1.807) is 23.3 Å². The lowest BCUT2D eigenvalue weighted by Crippen LogP contribution is -2.14. The molecule has 4 rings (SSSR count). The summed E-state index contributed by atoms with van der Waals surface area (Å²) in [5.74, 6) is 1.37. The Hall–Kier alpha value is -3.07. The molecule has 1 unspecified atom stereocenters. The maximum atomic E-state index is 12.5. The number of hydrogen-bond donors (Lipinski definition) is 0. The first-order chi connectivity index (χ1) is 14.1. The van der Waals surface area contributed by atoms with Crippen LogP contribution in [0.25, 0.3) is 5.95 Å². The zero-order valence-electron chi connectivity index (χ0n) is 15.9. The number of ether oxygens (including phenoxy) is 2. The van der Waals surface area contributed by atoms with Crippen LogP contribution < -0.4 is 9.47 Å². The first-order valence-corrected chi connectivity index (χ1v) is 10.1. The Morgan fingerprint density at radius 2 is 2.14 bits per heavy atom. The van der Waals surface area contributed by atoms with Gasteiger partial charge in [0.15, 0.2) is 11.5 Å². The minimum Gasteiger partial charge on any atom is -0.454 e. The SMILES string of the molecule is CC(=O)C(CC(=O)CCCc1ccc2c(c1)OCO2)c1nc(-n2ccnc2)ns1. The number of aryl methyl sites for hydroxylation is 1. The third kappa shape index (κ3) is 4.51. The van der Waals surface area contributed by atoms with Crippen molar-refractivity contribution in [3.05, 3.63) is 47.5 Å². The van der Waals surface area contributed by atoms with Gasteiger partial charge in [0.1, 0.15) is 22.9 Å². The first kappa shape index (κ1) is 19.3. The molecule has 0 bridgehead atoms. The normalized spacial score (nSPS) is 13.4. The van der Waals surface area contributed by atoms with Gasteiger partial charge in [-0.15, -0.1) is 0 Å². The maximum Gasteiger partial charge on any atom is 0.246 e. The van der Waals surface area contributed by atoms with Crippen molar-refractivity contribution in [1.82, 2.24) is 18.9 Å². The Labute approximate surface area is 171 Å². The predicted octanol–water partition coefficient (Wildman–Crippen LogP) is 3.11. The van der Waals surface area contributed by atoms with Crippen LogP contribution in [0.15, 0.2) is 36.9 Å². The minimum absolute atomic E-state index is 0.0466. The summed E-state index contributed by atoms with van der Waals surface area (Å²) in [4.78, 5) is 33.0. The van der Waals surface area contributed by atoms with Crippen LogP contribution in [0.2, 0.25) is 0 Å². The summed E-state index contributed by atoms with van der Waals surface area (Å²) in [5.41, 5.74) is 1.10. The van der Waals surface area contributed by atoms with Gasteiger partial charge in [-0.3, -0.25) is 14.2 Å². The molecule has 150 valence electrons. The molecule has 2 aromatic heterocycles. The van der Waals surface area contributed by atoms with E-state index in [0.29, 0.717) is 23.8 Å². The molecule has 1 atom stereocenters. The zero-order valence-corrected chi connectivity index (χ0v) is 16.7. The van der Waals surface area contributed by atoms with Gasteiger partial charge in [-0.05, 0) is 49.0 Å². The van der Waals surface area contributed by atoms with Gasteiger partial charge in [0.2, 0.25) is 12.7 Å². The molecule has 0 aliphatic carbocycles. The van der Waals surface area contributed by atoms with Crippen molar-refractivity contribution in [1.29, 1.82) is 0 Å². The van der Waals surface area contributed by atoms with Gasteiger partial charge in [-0.1, -0.05) is 6.07 Å². The molecular formula is C20H20N4O4S. The number of nitrogens with zero attached hydrogens (tertiary/aromatic N) is 4. The third-order valence-corrected chi connectivity index (χ3v) is 5.56. The molecule has 0 fully saturated rings. The van der Waals surface area contributed by atoms with E-state index in [-0.39, 0.29) is 24.8 Å². The molecule has 9 heteroatoms. The molecule has 0 saturated carbocycles. The fraction of sp³-hybridized carbons (Fsp3) is 0.350. The number of imidazole rings is 1. The highest BCUT2D eigenvalue weighted by Crippen LogP contribution is 2.33. The van der Waals surface area contributed by atoms with Crippen LogP contribution in [0.5, 0.6) is 11.5 Å². The lowest BCUT2D eigenvalue weighted by molar-refractivity contribution is -0.124. The number of aromatic nitrogens is 4. The highest BCUT2D eigenvalue weighted by molar-refractivity contribution is 7.05. The summed E-state index contributed by atoms with van der Waals surface area (Å²) in [7, 11) is 0. The number of benzene rings is 1. The molecule has 1 aliphatic heterocycles. The van der Waals surface area contributed by atoms with Crippen LogP contribution in [0.4, 0.5) is 0 Å². The fourth-order valence-corrected chi connectivity index (χ4v) is 3.98. The number of Topliss-reactive ketones (excluding diaryl/α,β-unsaturated/α-hetero) is 2. The lowest BCUT2D eigenvalue weighted by Gasteiger charge is -2.09. The molecule has 1 aliphatic rings. The third-order valence-electron chi connectivity index (χ3n) is 4.75. The van der Waals surface area contributed by atoms with Crippen molar-refractivity contribution in [3.63, 3.8) is 0 Å². The van der Waals surface area contributed by atoms with Gasteiger partial charge in [-0.2, -0.15) is 4.37 Å². The second-order valence-electron chi connectivity index (χ2n) is 6.85. The quantitative estimate of drug-likeness (QED) is 0.533. The van der Waals surface area contributed by atoms with Crippen LogP contribution in [0.3, 0.4) is 0 Å². The molecule has 0 amide bonds. The smallest absolute Gasteiger partial charge is 0.246 e. The highest BCUT2D eigenvalue weighted by atomic mass is 32.1. The summed E-state index contributed by atoms with van der Waals surface area (Å²) in [6.07, 6.45) is 6.98. The van der Waals surface area contributed by atoms with Gasteiger partial charge < -0.3 is 9.47 Å². The number of fused-ring (bicyclic) bond motifs is 1. The predicted molar refractivity (Wildman–Crippen MR) is 106 cm³/mol. The number of carbonyl (C=O) groups excluding carboxylic acids is 2. The minimum atomic E-state index is -0.553. The van der Waals surface area contributed by atoms with E-state index >= 15 is 0 Å².